The molecule has 0 saturated carbocycles. The lowest BCUT2D eigenvalue weighted by atomic mass is 10.0. The van der Waals surface area contributed by atoms with Crippen LogP contribution < -0.4 is 15.7 Å². The van der Waals surface area contributed by atoms with E-state index in [1.807, 2.05) is 18.2 Å². The average molecular weight is 337 g/mol. The molecular weight excluding hydrogens is 318 g/mol. The predicted octanol–water partition coefficient (Wildman–Crippen LogP) is 3.71. The van der Waals surface area contributed by atoms with Crippen molar-refractivity contribution in [1.29, 1.82) is 0 Å². The molecule has 3 aromatic rings. The molecule has 2 aliphatic rings. The highest BCUT2D eigenvalue weighted by atomic mass is 16.5. The van der Waals surface area contributed by atoms with Crippen molar-refractivity contribution < 1.29 is 13.6 Å². The molecule has 1 N–H and O–H groups in total. The van der Waals surface area contributed by atoms with E-state index in [0.717, 1.165) is 24.0 Å². The second-order valence-corrected chi connectivity index (χ2v) is 6.97. The van der Waals surface area contributed by atoms with Gasteiger partial charge in [-0.2, -0.15) is 0 Å². The average Bonchev–Trinajstić information content (AvgIpc) is 3.24. The zero-order valence-electron chi connectivity index (χ0n) is 13.7. The van der Waals surface area contributed by atoms with Crippen molar-refractivity contribution in [3.05, 3.63) is 53.1 Å². The van der Waals surface area contributed by atoms with Gasteiger partial charge in [0.1, 0.15) is 28.8 Å². The lowest BCUT2D eigenvalue weighted by Crippen LogP contribution is -2.42. The molecule has 2 saturated heterocycles. The van der Waals surface area contributed by atoms with E-state index >= 15 is 0 Å². The minimum atomic E-state index is -0.403. The molecule has 1 aromatic carbocycles. The molecule has 0 radical (unpaired) electrons. The SMILES string of the molecule is O=c1oc2cc(OC3CC4CCC(C3)N4)ccc2cc1-c1ccco1. The first kappa shape index (κ1) is 14.8. The van der Waals surface area contributed by atoms with E-state index in [1.54, 1.807) is 24.5 Å². The van der Waals surface area contributed by atoms with Crippen molar-refractivity contribution in [2.45, 2.75) is 43.9 Å². The Labute approximate surface area is 144 Å². The maximum atomic E-state index is 12.3. The summed E-state index contributed by atoms with van der Waals surface area (Å²) in [7, 11) is 0. The highest BCUT2D eigenvalue weighted by molar-refractivity contribution is 5.81. The molecule has 5 rings (SSSR count). The van der Waals surface area contributed by atoms with Gasteiger partial charge in [0.15, 0.2) is 0 Å². The number of fused-ring (bicyclic) bond motifs is 3. The summed E-state index contributed by atoms with van der Waals surface area (Å²) in [5.41, 5.74) is 0.565. The zero-order valence-corrected chi connectivity index (χ0v) is 13.7. The number of rotatable bonds is 3. The summed E-state index contributed by atoms with van der Waals surface area (Å²) in [5.74, 6) is 1.27. The molecule has 2 atom stereocenters. The summed E-state index contributed by atoms with van der Waals surface area (Å²) in [4.78, 5) is 12.3. The topological polar surface area (TPSA) is 64.6 Å². The molecule has 2 aromatic heterocycles. The number of hydrogen-bond donors (Lipinski definition) is 1. The number of nitrogens with one attached hydrogen (secondary N) is 1. The van der Waals surface area contributed by atoms with Crippen LogP contribution in [0.15, 0.2) is 56.3 Å². The van der Waals surface area contributed by atoms with E-state index < -0.39 is 5.63 Å². The second-order valence-electron chi connectivity index (χ2n) is 6.97. The standard InChI is InChI=1S/C20H19NO4/c22-20-17(18-2-1-7-23-18)8-12-3-6-15(11-19(12)25-20)24-16-9-13-4-5-14(10-16)21-13/h1-3,6-8,11,13-14,16,21H,4-5,9-10H2. The third-order valence-corrected chi connectivity index (χ3v) is 5.23. The van der Waals surface area contributed by atoms with Crippen LogP contribution in [0.1, 0.15) is 25.7 Å². The van der Waals surface area contributed by atoms with Crippen LogP contribution in [0.4, 0.5) is 0 Å². The quantitative estimate of drug-likeness (QED) is 0.738. The maximum Gasteiger partial charge on any atom is 0.347 e. The predicted molar refractivity (Wildman–Crippen MR) is 93.8 cm³/mol. The van der Waals surface area contributed by atoms with Gasteiger partial charge in [-0.05, 0) is 56.0 Å². The largest absolute Gasteiger partial charge is 0.490 e. The smallest absolute Gasteiger partial charge is 0.347 e. The van der Waals surface area contributed by atoms with Crippen molar-refractivity contribution in [3.63, 3.8) is 0 Å². The third kappa shape index (κ3) is 2.74. The van der Waals surface area contributed by atoms with Crippen LogP contribution in [0, 0.1) is 0 Å². The van der Waals surface area contributed by atoms with Gasteiger partial charge in [-0.15, -0.1) is 0 Å². The molecule has 128 valence electrons. The van der Waals surface area contributed by atoms with Gasteiger partial charge in [0.2, 0.25) is 0 Å². The number of hydrogen-bond acceptors (Lipinski definition) is 5. The van der Waals surface area contributed by atoms with Crippen LogP contribution in [0.5, 0.6) is 5.75 Å². The molecule has 2 bridgehead atoms. The molecule has 0 amide bonds. The van der Waals surface area contributed by atoms with Crippen molar-refractivity contribution in [3.8, 4) is 17.1 Å². The lowest BCUT2D eigenvalue weighted by molar-refractivity contribution is 0.137. The first-order chi connectivity index (χ1) is 12.2. The van der Waals surface area contributed by atoms with Gasteiger partial charge < -0.3 is 18.9 Å². The second kappa shape index (κ2) is 5.77. The summed E-state index contributed by atoms with van der Waals surface area (Å²) in [5, 5.41) is 4.46. The van der Waals surface area contributed by atoms with Crippen LogP contribution >= 0.6 is 0 Å². The molecule has 5 heteroatoms. The van der Waals surface area contributed by atoms with Gasteiger partial charge in [0, 0.05) is 23.5 Å². The fraction of sp³-hybridized carbons (Fsp3) is 0.350. The molecule has 0 spiro atoms. The van der Waals surface area contributed by atoms with Crippen molar-refractivity contribution in [2.75, 3.05) is 0 Å². The lowest BCUT2D eigenvalue weighted by Gasteiger charge is -2.29. The van der Waals surface area contributed by atoms with Gasteiger partial charge in [0.25, 0.3) is 0 Å². The van der Waals surface area contributed by atoms with Crippen LogP contribution in [-0.2, 0) is 0 Å². The Balaban J connectivity index is 1.44. The highest BCUT2D eigenvalue weighted by Crippen LogP contribution is 2.31. The number of piperidine rings is 1. The fourth-order valence-electron chi connectivity index (χ4n) is 4.06. The van der Waals surface area contributed by atoms with E-state index in [1.165, 1.54) is 12.8 Å². The van der Waals surface area contributed by atoms with E-state index in [0.29, 0.717) is 29.0 Å². The Kier molecular flexibility index (Phi) is 3.41. The number of benzene rings is 1. The monoisotopic (exact) mass is 337 g/mol. The maximum absolute atomic E-state index is 12.3. The van der Waals surface area contributed by atoms with Crippen LogP contribution in [0.25, 0.3) is 22.3 Å². The first-order valence-corrected chi connectivity index (χ1v) is 8.79. The number of furan rings is 1. The van der Waals surface area contributed by atoms with Crippen LogP contribution in [0.3, 0.4) is 0 Å². The van der Waals surface area contributed by atoms with Crippen LogP contribution in [0.2, 0.25) is 0 Å². The van der Waals surface area contributed by atoms with Crippen molar-refractivity contribution in [1.82, 2.24) is 5.32 Å². The molecule has 25 heavy (non-hydrogen) atoms. The molecule has 2 aliphatic heterocycles. The Morgan fingerprint density at radius 2 is 1.92 bits per heavy atom. The van der Waals surface area contributed by atoms with Crippen molar-refractivity contribution in [2.24, 2.45) is 0 Å². The summed E-state index contributed by atoms with van der Waals surface area (Å²) < 4.78 is 17.0. The van der Waals surface area contributed by atoms with Gasteiger partial charge in [-0.3, -0.25) is 0 Å². The Morgan fingerprint density at radius 3 is 2.68 bits per heavy atom. The summed E-state index contributed by atoms with van der Waals surface area (Å²) in [6.45, 7) is 0. The fourth-order valence-corrected chi connectivity index (χ4v) is 4.06. The minimum Gasteiger partial charge on any atom is -0.490 e. The molecular formula is C20H19NO4. The van der Waals surface area contributed by atoms with E-state index in [9.17, 15) is 4.79 Å². The minimum absolute atomic E-state index is 0.227. The molecule has 2 fully saturated rings. The summed E-state index contributed by atoms with van der Waals surface area (Å²) >= 11 is 0. The molecule has 5 nitrogen and oxygen atoms in total. The van der Waals surface area contributed by atoms with Crippen molar-refractivity contribution >= 4 is 11.0 Å². The third-order valence-electron chi connectivity index (χ3n) is 5.23. The van der Waals surface area contributed by atoms with Gasteiger partial charge in [-0.1, -0.05) is 0 Å². The van der Waals surface area contributed by atoms with Gasteiger partial charge >= 0.3 is 5.63 Å². The first-order valence-electron chi connectivity index (χ1n) is 8.79. The van der Waals surface area contributed by atoms with Gasteiger partial charge in [0.05, 0.1) is 6.26 Å². The normalized spacial score (nSPS) is 25.4. The number of ether oxygens (including phenoxy) is 1. The zero-order chi connectivity index (χ0) is 16.8. The Bertz CT molecular complexity index is 947. The highest BCUT2D eigenvalue weighted by Gasteiger charge is 2.34. The molecule has 0 aliphatic carbocycles. The van der Waals surface area contributed by atoms with E-state index in [-0.39, 0.29) is 6.10 Å². The van der Waals surface area contributed by atoms with E-state index in [4.69, 9.17) is 13.6 Å². The molecule has 4 heterocycles. The summed E-state index contributed by atoms with van der Waals surface area (Å²) in [6, 6.07) is 12.1. The molecule has 2 unspecified atom stereocenters. The Hall–Kier alpha value is -2.53. The van der Waals surface area contributed by atoms with Gasteiger partial charge in [-0.25, -0.2) is 4.79 Å². The van der Waals surface area contributed by atoms with Crippen LogP contribution in [-0.4, -0.2) is 18.2 Å². The summed E-state index contributed by atoms with van der Waals surface area (Å²) in [6.07, 6.45) is 6.33. The van der Waals surface area contributed by atoms with E-state index in [2.05, 4.69) is 5.32 Å². The Morgan fingerprint density at radius 1 is 1.08 bits per heavy atom.